The van der Waals surface area contributed by atoms with Crippen LogP contribution in [-0.4, -0.2) is 36.9 Å². The van der Waals surface area contributed by atoms with Gasteiger partial charge in [-0.1, -0.05) is 25.4 Å². The fourth-order valence-electron chi connectivity index (χ4n) is 5.11. The molecule has 0 radical (unpaired) electrons. The van der Waals surface area contributed by atoms with Crippen molar-refractivity contribution < 1.29 is 9.26 Å². The van der Waals surface area contributed by atoms with Crippen LogP contribution in [0.15, 0.2) is 9.52 Å². The number of aliphatic imine (C=N–C) groups is 1. The average Bonchev–Trinajstić information content (AvgIpc) is 3.18. The Labute approximate surface area is 149 Å². The average molecular weight is 346 g/mol. The van der Waals surface area contributed by atoms with E-state index < -0.39 is 0 Å². The number of hydrogen-bond donors (Lipinski definition) is 2. The van der Waals surface area contributed by atoms with Crippen molar-refractivity contribution in [3.05, 3.63) is 17.0 Å². The highest BCUT2D eigenvalue weighted by Crippen LogP contribution is 2.62. The molecule has 6 heteroatoms. The molecule has 2 heterocycles. The molecule has 1 saturated heterocycles. The van der Waals surface area contributed by atoms with E-state index in [1.165, 1.54) is 31.2 Å². The quantitative estimate of drug-likeness (QED) is 0.633. The molecule has 2 aliphatic carbocycles. The van der Waals surface area contributed by atoms with E-state index in [1.54, 1.807) is 0 Å². The summed E-state index contributed by atoms with van der Waals surface area (Å²) < 4.78 is 11.5. The second kappa shape index (κ2) is 6.63. The molecule has 1 aromatic rings. The van der Waals surface area contributed by atoms with Gasteiger partial charge in [-0.15, -0.1) is 0 Å². The molecule has 0 amide bonds. The molecule has 1 spiro atoms. The first kappa shape index (κ1) is 16.9. The SMILES string of the molecule is CCc1noc(CC)c1CNC(=NC)NC1C2CCOC2C12CCC2. The number of fused-ring (bicyclic) bond motifs is 2. The van der Waals surface area contributed by atoms with Gasteiger partial charge in [-0.2, -0.15) is 0 Å². The van der Waals surface area contributed by atoms with Crippen LogP contribution in [0.2, 0.25) is 0 Å². The van der Waals surface area contributed by atoms with Gasteiger partial charge in [0, 0.05) is 49.6 Å². The van der Waals surface area contributed by atoms with Gasteiger partial charge in [-0.05, 0) is 25.7 Å². The van der Waals surface area contributed by atoms with Crippen molar-refractivity contribution in [1.29, 1.82) is 0 Å². The van der Waals surface area contributed by atoms with E-state index in [0.717, 1.165) is 36.9 Å². The van der Waals surface area contributed by atoms with Crippen molar-refractivity contribution in [2.45, 2.75) is 71.1 Å². The van der Waals surface area contributed by atoms with Crippen molar-refractivity contribution in [2.75, 3.05) is 13.7 Å². The normalized spacial score (nSPS) is 29.9. The second-order valence-corrected chi connectivity index (χ2v) is 7.62. The van der Waals surface area contributed by atoms with Gasteiger partial charge in [0.15, 0.2) is 5.96 Å². The molecule has 4 rings (SSSR count). The number of ether oxygens (including phenoxy) is 1. The van der Waals surface area contributed by atoms with E-state index >= 15 is 0 Å². The molecule has 0 aromatic carbocycles. The lowest BCUT2D eigenvalue weighted by Gasteiger charge is -2.63. The maximum absolute atomic E-state index is 6.01. The molecule has 138 valence electrons. The number of aryl methyl sites for hydroxylation is 2. The molecule has 2 saturated carbocycles. The number of rotatable bonds is 5. The van der Waals surface area contributed by atoms with Crippen LogP contribution in [0.4, 0.5) is 0 Å². The Balaban J connectivity index is 1.41. The molecule has 3 aliphatic rings. The summed E-state index contributed by atoms with van der Waals surface area (Å²) in [6.45, 7) is 5.84. The number of nitrogens with one attached hydrogen (secondary N) is 2. The van der Waals surface area contributed by atoms with E-state index in [1.807, 2.05) is 7.05 Å². The van der Waals surface area contributed by atoms with E-state index in [2.05, 4.69) is 34.6 Å². The summed E-state index contributed by atoms with van der Waals surface area (Å²) >= 11 is 0. The third-order valence-corrected chi connectivity index (χ3v) is 6.59. The lowest BCUT2D eigenvalue weighted by Crippen LogP contribution is -2.72. The lowest BCUT2D eigenvalue weighted by atomic mass is 9.46. The van der Waals surface area contributed by atoms with Crippen LogP contribution in [0, 0.1) is 11.3 Å². The van der Waals surface area contributed by atoms with Crippen LogP contribution in [0.5, 0.6) is 0 Å². The number of aromatic nitrogens is 1. The number of guanidine groups is 1. The zero-order valence-electron chi connectivity index (χ0n) is 15.6. The largest absolute Gasteiger partial charge is 0.377 e. The first-order chi connectivity index (χ1) is 12.2. The summed E-state index contributed by atoms with van der Waals surface area (Å²) in [6.07, 6.45) is 7.31. The van der Waals surface area contributed by atoms with Crippen LogP contribution >= 0.6 is 0 Å². The Hall–Kier alpha value is -1.56. The van der Waals surface area contributed by atoms with Crippen LogP contribution in [0.1, 0.15) is 56.5 Å². The van der Waals surface area contributed by atoms with Crippen LogP contribution < -0.4 is 10.6 Å². The number of nitrogens with zero attached hydrogens (tertiary/aromatic N) is 2. The zero-order chi connectivity index (χ0) is 17.4. The molecule has 2 N–H and O–H groups in total. The molecule has 25 heavy (non-hydrogen) atoms. The fraction of sp³-hybridized carbons (Fsp3) is 0.789. The Kier molecular flexibility index (Phi) is 4.48. The minimum Gasteiger partial charge on any atom is -0.377 e. The van der Waals surface area contributed by atoms with Gasteiger partial charge in [0.05, 0.1) is 11.8 Å². The highest BCUT2D eigenvalue weighted by Gasteiger charge is 2.66. The molecule has 0 bridgehead atoms. The van der Waals surface area contributed by atoms with Gasteiger partial charge in [-0.25, -0.2) is 0 Å². The monoisotopic (exact) mass is 346 g/mol. The molecule has 3 unspecified atom stereocenters. The predicted molar refractivity (Wildman–Crippen MR) is 96.5 cm³/mol. The molecule has 3 atom stereocenters. The fourth-order valence-corrected chi connectivity index (χ4v) is 5.11. The molecular formula is C19H30N4O2. The summed E-state index contributed by atoms with van der Waals surface area (Å²) in [6, 6.07) is 0.499. The molecule has 6 nitrogen and oxygen atoms in total. The Morgan fingerprint density at radius 1 is 1.32 bits per heavy atom. The lowest BCUT2D eigenvalue weighted by molar-refractivity contribution is -0.171. The first-order valence-electron chi connectivity index (χ1n) is 9.78. The van der Waals surface area contributed by atoms with Gasteiger partial charge in [0.25, 0.3) is 0 Å². The van der Waals surface area contributed by atoms with Crippen molar-refractivity contribution in [2.24, 2.45) is 16.3 Å². The van der Waals surface area contributed by atoms with Crippen molar-refractivity contribution in [3.8, 4) is 0 Å². The van der Waals surface area contributed by atoms with E-state index in [0.29, 0.717) is 30.0 Å². The van der Waals surface area contributed by atoms with Gasteiger partial charge < -0.3 is 19.9 Å². The standard InChI is InChI=1S/C19H30N4O2/c1-4-14-13(15(5-2)25-23-14)11-21-18(20-3)22-16-12-7-10-24-17(12)19(16)8-6-9-19/h12,16-17H,4-11H2,1-3H3,(H2,20,21,22). The summed E-state index contributed by atoms with van der Waals surface area (Å²) in [5.41, 5.74) is 2.59. The van der Waals surface area contributed by atoms with Gasteiger partial charge in [0.2, 0.25) is 0 Å². The van der Waals surface area contributed by atoms with Gasteiger partial charge in [0.1, 0.15) is 5.76 Å². The summed E-state index contributed by atoms with van der Waals surface area (Å²) in [4.78, 5) is 4.46. The molecular weight excluding hydrogens is 316 g/mol. The van der Waals surface area contributed by atoms with E-state index in [9.17, 15) is 0 Å². The maximum Gasteiger partial charge on any atom is 0.191 e. The minimum atomic E-state index is 0.360. The van der Waals surface area contributed by atoms with Crippen LogP contribution in [0.25, 0.3) is 0 Å². The Morgan fingerprint density at radius 2 is 2.16 bits per heavy atom. The summed E-state index contributed by atoms with van der Waals surface area (Å²) in [7, 11) is 1.85. The van der Waals surface area contributed by atoms with Crippen molar-refractivity contribution in [3.63, 3.8) is 0 Å². The van der Waals surface area contributed by atoms with Gasteiger partial charge >= 0.3 is 0 Å². The number of hydrogen-bond acceptors (Lipinski definition) is 4. The first-order valence-corrected chi connectivity index (χ1v) is 9.78. The minimum absolute atomic E-state index is 0.360. The van der Waals surface area contributed by atoms with Gasteiger partial charge in [-0.3, -0.25) is 4.99 Å². The summed E-state index contributed by atoms with van der Waals surface area (Å²) in [5, 5.41) is 11.4. The topological polar surface area (TPSA) is 71.7 Å². The Bertz CT molecular complexity index is 628. The highest BCUT2D eigenvalue weighted by molar-refractivity contribution is 5.80. The maximum atomic E-state index is 6.01. The highest BCUT2D eigenvalue weighted by atomic mass is 16.5. The summed E-state index contributed by atoms with van der Waals surface area (Å²) in [5.74, 6) is 2.50. The van der Waals surface area contributed by atoms with Crippen LogP contribution in [-0.2, 0) is 24.1 Å². The third-order valence-electron chi connectivity index (χ3n) is 6.59. The Morgan fingerprint density at radius 3 is 2.80 bits per heavy atom. The zero-order valence-corrected chi connectivity index (χ0v) is 15.6. The predicted octanol–water partition coefficient (Wildman–Crippen LogP) is 2.42. The molecule has 3 fully saturated rings. The second-order valence-electron chi connectivity index (χ2n) is 7.62. The van der Waals surface area contributed by atoms with E-state index in [4.69, 9.17) is 9.26 Å². The van der Waals surface area contributed by atoms with E-state index in [-0.39, 0.29) is 0 Å². The molecule has 1 aromatic heterocycles. The molecule has 1 aliphatic heterocycles. The third kappa shape index (κ3) is 2.57. The van der Waals surface area contributed by atoms with Crippen molar-refractivity contribution >= 4 is 5.96 Å². The van der Waals surface area contributed by atoms with Crippen molar-refractivity contribution in [1.82, 2.24) is 15.8 Å². The van der Waals surface area contributed by atoms with Crippen LogP contribution in [0.3, 0.4) is 0 Å². The smallest absolute Gasteiger partial charge is 0.191 e.